The number of hydrogen-bond acceptors (Lipinski definition) is 0. The average Bonchev–Trinajstić information content (AvgIpc) is 1.80. The first kappa shape index (κ1) is 45.8. The number of allylic oxidation sites excluding steroid dienone is 12. The molecule has 8 aliphatic rings. The zero-order valence-corrected chi connectivity index (χ0v) is 47.8. The van der Waals surface area contributed by atoms with Crippen molar-refractivity contribution >= 4 is 89.4 Å². The van der Waals surface area contributed by atoms with Crippen LogP contribution in [0.2, 0.25) is 13.1 Å². The van der Waals surface area contributed by atoms with Crippen LogP contribution in [0.5, 0.6) is 0 Å². The lowest BCUT2D eigenvalue weighted by Gasteiger charge is -2.35. The van der Waals surface area contributed by atoms with Crippen LogP contribution in [0.4, 0.5) is 0 Å². The monoisotopic (exact) mass is 1060 g/mol. The first-order chi connectivity index (χ1) is 40.3. The highest BCUT2D eigenvalue weighted by molar-refractivity contribution is 7.04. The molecular weight excluding hydrogens is 1000 g/mol. The standard InChI is InChI=1S/C81H58Si/c1-45-27-31-51-61-35-37-63(58-22-14-23-59(78(58)61)65(51)39-45)80-68-41-47(48-29-32-54-52-17-7-10-24-71(52)81(74(54)42-48)72-25-11-8-18-53(72)66-40-46(2)28-38-73(66)81)30-33-64(68)79(69-43-67-55-19-9-12-26-75(55)82(3,4)76(67)44-70(69)80)62-36-34-60-50-16-6-5-15-49(50)56-20-13-21-57(62)77(56)60/h5-28,30-31,33-38,41-46H,29,32,39-40H2,1-4H3. The maximum absolute atomic E-state index is 2.71. The van der Waals surface area contributed by atoms with E-state index < -0.39 is 8.07 Å². The summed E-state index contributed by atoms with van der Waals surface area (Å²) in [4.78, 5) is 0. The molecule has 7 aliphatic carbocycles. The van der Waals surface area contributed by atoms with E-state index >= 15 is 0 Å². The molecular formula is C81H58Si. The smallest absolute Gasteiger partial charge is 0.0810 e. The molecule has 1 heteroatoms. The van der Waals surface area contributed by atoms with Crippen molar-refractivity contribution in [2.45, 2.75) is 58.0 Å². The van der Waals surface area contributed by atoms with Crippen molar-refractivity contribution in [1.82, 2.24) is 0 Å². The van der Waals surface area contributed by atoms with Gasteiger partial charge < -0.3 is 0 Å². The summed E-state index contributed by atoms with van der Waals surface area (Å²) in [6, 6.07) is 74.5. The van der Waals surface area contributed by atoms with Crippen LogP contribution in [0.1, 0.15) is 78.5 Å². The highest BCUT2D eigenvalue weighted by Gasteiger charge is 2.54. The minimum absolute atomic E-state index is 0.347. The van der Waals surface area contributed by atoms with Crippen LogP contribution in [-0.2, 0) is 5.41 Å². The van der Waals surface area contributed by atoms with E-state index in [2.05, 4.69) is 245 Å². The van der Waals surface area contributed by atoms with Gasteiger partial charge in [0.1, 0.15) is 8.07 Å². The lowest BCUT2D eigenvalue weighted by molar-refractivity contribution is 0.722. The summed E-state index contributed by atoms with van der Waals surface area (Å²) in [5.41, 5.74) is 33.4. The van der Waals surface area contributed by atoms with Crippen molar-refractivity contribution in [3.8, 4) is 55.6 Å². The maximum Gasteiger partial charge on any atom is 0.113 e. The Balaban J connectivity index is 0.930. The van der Waals surface area contributed by atoms with Crippen molar-refractivity contribution in [1.29, 1.82) is 0 Å². The number of hydrogen-bond donors (Lipinski definition) is 0. The van der Waals surface area contributed by atoms with E-state index in [9.17, 15) is 0 Å². The van der Waals surface area contributed by atoms with Gasteiger partial charge in [-0.1, -0.05) is 233 Å². The molecule has 3 atom stereocenters. The average molecular weight is 1060 g/mol. The minimum Gasteiger partial charge on any atom is -0.0810 e. The molecule has 1 spiro atoms. The summed E-state index contributed by atoms with van der Waals surface area (Å²) in [5.74, 6) is 1.02. The van der Waals surface area contributed by atoms with Gasteiger partial charge in [0.25, 0.3) is 0 Å². The topological polar surface area (TPSA) is 0 Å². The fourth-order valence-electron chi connectivity index (χ4n) is 17.8. The zero-order valence-electron chi connectivity index (χ0n) is 46.8. The summed E-state index contributed by atoms with van der Waals surface area (Å²) in [5, 5.41) is 13.9. The van der Waals surface area contributed by atoms with Crippen LogP contribution < -0.4 is 10.4 Å². The van der Waals surface area contributed by atoms with Gasteiger partial charge in [0.2, 0.25) is 0 Å². The van der Waals surface area contributed by atoms with Gasteiger partial charge in [0.05, 0.1) is 5.41 Å². The van der Waals surface area contributed by atoms with Gasteiger partial charge in [-0.25, -0.2) is 0 Å². The Labute approximate surface area is 480 Å². The third kappa shape index (κ3) is 5.63. The fraction of sp³-hybridized carbons (Fsp3) is 0.136. The summed E-state index contributed by atoms with van der Waals surface area (Å²) in [6.45, 7) is 9.93. The predicted octanol–water partition coefficient (Wildman–Crippen LogP) is 20.2. The summed E-state index contributed by atoms with van der Waals surface area (Å²) >= 11 is 0. The molecule has 0 amide bonds. The van der Waals surface area contributed by atoms with Crippen LogP contribution >= 0.6 is 0 Å². The molecule has 1 aliphatic heterocycles. The van der Waals surface area contributed by atoms with E-state index in [-0.39, 0.29) is 5.41 Å². The number of benzene rings is 11. The van der Waals surface area contributed by atoms with Gasteiger partial charge in [-0.3, -0.25) is 0 Å². The third-order valence-corrected chi connectivity index (χ3v) is 24.8. The SMILES string of the molecule is CC1C=CC2=C(C1)c1ccccc1C21C2=C(CCC(c3ccc4c(-c5ccc6c7c(cccc57)-c5ccccc5-6)c5cc6c(cc5c(-c5ccc7c8c(cccc58)C5=C7C=CC(C)C5)c4c3)[Si](C)(C)c3ccccc3-6)=C2)c2ccccc21. The third-order valence-electron chi connectivity index (χ3n) is 21.2. The highest BCUT2D eigenvalue weighted by atomic mass is 28.3. The van der Waals surface area contributed by atoms with E-state index in [0.717, 1.165) is 25.7 Å². The highest BCUT2D eigenvalue weighted by Crippen LogP contribution is 2.65. The zero-order chi connectivity index (χ0) is 54.1. The van der Waals surface area contributed by atoms with Crippen LogP contribution in [0, 0.1) is 11.8 Å². The van der Waals surface area contributed by atoms with E-state index in [4.69, 9.17) is 0 Å². The molecule has 386 valence electrons. The number of rotatable bonds is 3. The summed E-state index contributed by atoms with van der Waals surface area (Å²) in [7, 11) is -2.13. The summed E-state index contributed by atoms with van der Waals surface area (Å²) in [6.07, 6.45) is 16.7. The summed E-state index contributed by atoms with van der Waals surface area (Å²) < 4.78 is 0. The Morgan fingerprint density at radius 2 is 0.939 bits per heavy atom. The molecule has 0 saturated heterocycles. The molecule has 3 unspecified atom stereocenters. The van der Waals surface area contributed by atoms with Crippen LogP contribution in [0.3, 0.4) is 0 Å². The molecule has 0 nitrogen and oxygen atoms in total. The molecule has 11 aromatic rings. The second-order valence-electron chi connectivity index (χ2n) is 25.7. The Hall–Kier alpha value is -8.88. The van der Waals surface area contributed by atoms with E-state index in [0.29, 0.717) is 11.8 Å². The Bertz CT molecular complexity index is 5060. The molecule has 82 heavy (non-hydrogen) atoms. The van der Waals surface area contributed by atoms with Crippen LogP contribution in [0.15, 0.2) is 230 Å². The molecule has 0 N–H and O–H groups in total. The second kappa shape index (κ2) is 16.0. The van der Waals surface area contributed by atoms with Crippen molar-refractivity contribution in [2.24, 2.45) is 11.8 Å². The van der Waals surface area contributed by atoms with Gasteiger partial charge >= 0.3 is 0 Å². The fourth-order valence-corrected chi connectivity index (χ4v) is 20.8. The first-order valence-corrected chi connectivity index (χ1v) is 33.1. The first-order valence-electron chi connectivity index (χ1n) is 30.1. The molecule has 0 radical (unpaired) electrons. The van der Waals surface area contributed by atoms with Gasteiger partial charge in [-0.15, -0.1) is 0 Å². The molecule has 0 fully saturated rings. The van der Waals surface area contributed by atoms with Crippen molar-refractivity contribution in [2.75, 3.05) is 0 Å². The molecule has 19 rings (SSSR count). The lowest BCUT2D eigenvalue weighted by atomic mass is 9.66. The van der Waals surface area contributed by atoms with Gasteiger partial charge in [-0.05, 0) is 237 Å². The largest absolute Gasteiger partial charge is 0.113 e. The van der Waals surface area contributed by atoms with Gasteiger partial charge in [0, 0.05) is 0 Å². The Morgan fingerprint density at radius 1 is 0.378 bits per heavy atom. The van der Waals surface area contributed by atoms with Crippen LogP contribution in [0.25, 0.3) is 127 Å². The van der Waals surface area contributed by atoms with Gasteiger partial charge in [-0.2, -0.15) is 0 Å². The van der Waals surface area contributed by atoms with Crippen molar-refractivity contribution in [3.63, 3.8) is 0 Å². The van der Waals surface area contributed by atoms with E-state index in [1.165, 1.54) is 177 Å². The molecule has 1 heterocycles. The maximum atomic E-state index is 2.71. The van der Waals surface area contributed by atoms with E-state index in [1.807, 2.05) is 0 Å². The lowest BCUT2D eigenvalue weighted by Crippen LogP contribution is -2.49. The Kier molecular flexibility index (Phi) is 8.92. The predicted molar refractivity (Wildman–Crippen MR) is 351 cm³/mol. The van der Waals surface area contributed by atoms with Crippen molar-refractivity contribution < 1.29 is 0 Å². The second-order valence-corrected chi connectivity index (χ2v) is 30.0. The molecule has 0 aromatic heterocycles. The Morgan fingerprint density at radius 3 is 1.70 bits per heavy atom. The molecule has 0 saturated carbocycles. The molecule has 0 bridgehead atoms. The van der Waals surface area contributed by atoms with Crippen LogP contribution in [-0.4, -0.2) is 8.07 Å². The van der Waals surface area contributed by atoms with Gasteiger partial charge in [0.15, 0.2) is 0 Å². The normalized spacial score (nSPS) is 20.5. The van der Waals surface area contributed by atoms with E-state index in [1.54, 1.807) is 10.4 Å². The molecule has 11 aromatic carbocycles. The number of fused-ring (bicyclic) bond motifs is 18. The van der Waals surface area contributed by atoms with Crippen molar-refractivity contribution in [3.05, 3.63) is 269 Å². The quantitative estimate of drug-likeness (QED) is 0.122. The minimum atomic E-state index is -2.13.